The number of nitrogens with zero attached hydrogens (tertiary/aromatic N) is 1. The number of aliphatic hydroxyl groups is 1. The molecule has 1 rings (SSSR count). The number of carbonyl (C=O) groups is 2. The number of ether oxygens (including phenoxy) is 2. The minimum atomic E-state index is -0.658. The highest BCUT2D eigenvalue weighted by Crippen LogP contribution is 2.19. The molecule has 0 radical (unpaired) electrons. The molecule has 2 N–H and O–H groups in total. The number of methoxy groups -OCH3 is 2. The molecule has 20 heavy (non-hydrogen) atoms. The molecule has 0 saturated carbocycles. The largest absolute Gasteiger partial charge is 0.396 e. The van der Waals surface area contributed by atoms with Gasteiger partial charge in [-0.05, 0) is 25.7 Å². The summed E-state index contributed by atoms with van der Waals surface area (Å²) in [6.07, 6.45) is 2.68. The zero-order chi connectivity index (χ0) is 15.0. The van der Waals surface area contributed by atoms with E-state index in [0.29, 0.717) is 13.0 Å². The molecule has 0 aromatic heterocycles. The molecule has 0 aromatic rings. The normalized spacial score (nSPS) is 19.2. The molecule has 0 bridgehead atoms. The van der Waals surface area contributed by atoms with Gasteiger partial charge in [0.1, 0.15) is 0 Å². The zero-order valence-electron chi connectivity index (χ0n) is 12.1. The van der Waals surface area contributed by atoms with Gasteiger partial charge >= 0.3 is 11.8 Å². The molecule has 1 heterocycles. The van der Waals surface area contributed by atoms with Gasteiger partial charge in [0.2, 0.25) is 0 Å². The first kappa shape index (κ1) is 16.9. The number of amides is 2. The van der Waals surface area contributed by atoms with Gasteiger partial charge in [0, 0.05) is 33.4 Å². The van der Waals surface area contributed by atoms with Crippen molar-refractivity contribution in [3.8, 4) is 0 Å². The molecule has 0 aliphatic carbocycles. The molecule has 7 heteroatoms. The van der Waals surface area contributed by atoms with E-state index >= 15 is 0 Å². The number of aliphatic hydroxyl groups excluding tert-OH is 1. The van der Waals surface area contributed by atoms with Gasteiger partial charge in [-0.25, -0.2) is 0 Å². The molecule has 7 nitrogen and oxygen atoms in total. The van der Waals surface area contributed by atoms with E-state index in [2.05, 4.69) is 5.32 Å². The van der Waals surface area contributed by atoms with Gasteiger partial charge in [0.05, 0.1) is 6.54 Å². The third-order valence-corrected chi connectivity index (χ3v) is 3.50. The maximum atomic E-state index is 12.1. The number of hydrogen-bond acceptors (Lipinski definition) is 5. The molecule has 1 fully saturated rings. The second-order valence-electron chi connectivity index (χ2n) is 4.77. The number of rotatable bonds is 6. The van der Waals surface area contributed by atoms with Crippen LogP contribution in [0.2, 0.25) is 0 Å². The van der Waals surface area contributed by atoms with Crippen LogP contribution in [0.25, 0.3) is 0 Å². The summed E-state index contributed by atoms with van der Waals surface area (Å²) in [4.78, 5) is 25.5. The van der Waals surface area contributed by atoms with Crippen LogP contribution in [0.4, 0.5) is 0 Å². The van der Waals surface area contributed by atoms with Gasteiger partial charge in [0.25, 0.3) is 0 Å². The predicted octanol–water partition coefficient (Wildman–Crippen LogP) is -0.515. The summed E-state index contributed by atoms with van der Waals surface area (Å²) in [6, 6.07) is -0.0485. The summed E-state index contributed by atoms with van der Waals surface area (Å²) in [6.45, 7) is 0.705. The van der Waals surface area contributed by atoms with Crippen LogP contribution in [0, 0.1) is 0 Å². The Morgan fingerprint density at radius 3 is 2.65 bits per heavy atom. The van der Waals surface area contributed by atoms with Crippen molar-refractivity contribution in [3.05, 3.63) is 0 Å². The van der Waals surface area contributed by atoms with Crippen molar-refractivity contribution in [3.63, 3.8) is 0 Å². The van der Waals surface area contributed by atoms with Crippen LogP contribution in [0.5, 0.6) is 0 Å². The molecule has 1 aliphatic rings. The first-order valence-electron chi connectivity index (χ1n) is 6.89. The van der Waals surface area contributed by atoms with Crippen molar-refractivity contribution >= 4 is 11.8 Å². The van der Waals surface area contributed by atoms with Gasteiger partial charge in [-0.3, -0.25) is 9.59 Å². The lowest BCUT2D eigenvalue weighted by atomic mass is 9.99. The van der Waals surface area contributed by atoms with Crippen LogP contribution in [0.15, 0.2) is 0 Å². The topological polar surface area (TPSA) is 88.1 Å². The van der Waals surface area contributed by atoms with Gasteiger partial charge in [-0.15, -0.1) is 0 Å². The monoisotopic (exact) mass is 288 g/mol. The Bertz CT molecular complexity index is 318. The fraction of sp³-hybridized carbons (Fsp3) is 0.846. The fourth-order valence-electron chi connectivity index (χ4n) is 2.36. The van der Waals surface area contributed by atoms with E-state index in [1.807, 2.05) is 0 Å². The molecule has 1 saturated heterocycles. The zero-order valence-corrected chi connectivity index (χ0v) is 12.1. The molecular weight excluding hydrogens is 264 g/mol. The SMILES string of the molecule is COC(CNC(=O)C(=O)N1CCCCC1CCO)OC. The molecule has 0 spiro atoms. The minimum Gasteiger partial charge on any atom is -0.396 e. The Morgan fingerprint density at radius 1 is 1.35 bits per heavy atom. The highest BCUT2D eigenvalue weighted by Gasteiger charge is 2.30. The van der Waals surface area contributed by atoms with Crippen LogP contribution in [0.3, 0.4) is 0 Å². The second-order valence-corrected chi connectivity index (χ2v) is 4.77. The van der Waals surface area contributed by atoms with Crippen LogP contribution < -0.4 is 5.32 Å². The lowest BCUT2D eigenvalue weighted by molar-refractivity contribution is -0.150. The van der Waals surface area contributed by atoms with Gasteiger partial charge < -0.3 is 24.8 Å². The Labute approximate surface area is 119 Å². The van der Waals surface area contributed by atoms with E-state index in [9.17, 15) is 9.59 Å². The molecule has 1 unspecified atom stereocenters. The van der Waals surface area contributed by atoms with E-state index in [1.165, 1.54) is 14.2 Å². The summed E-state index contributed by atoms with van der Waals surface area (Å²) in [7, 11) is 2.92. The summed E-state index contributed by atoms with van der Waals surface area (Å²) in [5.41, 5.74) is 0. The third kappa shape index (κ3) is 4.73. The summed E-state index contributed by atoms with van der Waals surface area (Å²) < 4.78 is 9.88. The van der Waals surface area contributed by atoms with Crippen LogP contribution in [0.1, 0.15) is 25.7 Å². The first-order chi connectivity index (χ1) is 9.63. The smallest absolute Gasteiger partial charge is 0.312 e. The van der Waals surface area contributed by atoms with Gasteiger partial charge in [-0.2, -0.15) is 0 Å². The van der Waals surface area contributed by atoms with Crippen LogP contribution in [-0.2, 0) is 19.1 Å². The number of likely N-dealkylation sites (tertiary alicyclic amines) is 1. The number of piperidine rings is 1. The molecule has 1 aliphatic heterocycles. The molecular formula is C13H24N2O5. The summed E-state index contributed by atoms with van der Waals surface area (Å²) in [5, 5.41) is 11.5. The van der Waals surface area contributed by atoms with Crippen molar-refractivity contribution in [1.29, 1.82) is 0 Å². The molecule has 116 valence electrons. The Kier molecular flexibility index (Phi) is 7.50. The standard InChI is InChI=1S/C13H24N2O5/c1-19-11(20-2)9-14-12(17)13(18)15-7-4-3-5-10(15)6-8-16/h10-11,16H,3-9H2,1-2H3,(H,14,17). The van der Waals surface area contributed by atoms with Gasteiger partial charge in [-0.1, -0.05) is 0 Å². The second kappa shape index (κ2) is 8.89. The molecule has 0 aromatic carbocycles. The van der Waals surface area contributed by atoms with Crippen molar-refractivity contribution in [2.75, 3.05) is 33.9 Å². The highest BCUT2D eigenvalue weighted by atomic mass is 16.7. The van der Waals surface area contributed by atoms with Crippen LogP contribution in [-0.4, -0.2) is 68.1 Å². The Hall–Kier alpha value is -1.18. The average molecular weight is 288 g/mol. The van der Waals surface area contributed by atoms with Gasteiger partial charge in [0.15, 0.2) is 6.29 Å². The van der Waals surface area contributed by atoms with E-state index in [1.54, 1.807) is 4.90 Å². The maximum absolute atomic E-state index is 12.1. The predicted molar refractivity (Wildman–Crippen MR) is 71.9 cm³/mol. The fourth-order valence-corrected chi connectivity index (χ4v) is 2.36. The van der Waals surface area contributed by atoms with E-state index in [4.69, 9.17) is 14.6 Å². The molecule has 2 amide bonds. The summed E-state index contributed by atoms with van der Waals surface area (Å²) >= 11 is 0. The number of carbonyl (C=O) groups excluding carboxylic acids is 2. The van der Waals surface area contributed by atoms with Crippen molar-refractivity contribution < 1.29 is 24.2 Å². The number of nitrogens with one attached hydrogen (secondary N) is 1. The van der Waals surface area contributed by atoms with Crippen molar-refractivity contribution in [1.82, 2.24) is 10.2 Å². The van der Waals surface area contributed by atoms with E-state index in [0.717, 1.165) is 19.3 Å². The van der Waals surface area contributed by atoms with Crippen molar-refractivity contribution in [2.24, 2.45) is 0 Å². The average Bonchev–Trinajstić information content (AvgIpc) is 2.48. The maximum Gasteiger partial charge on any atom is 0.312 e. The van der Waals surface area contributed by atoms with E-state index < -0.39 is 18.1 Å². The lowest BCUT2D eigenvalue weighted by Gasteiger charge is -2.35. The Morgan fingerprint density at radius 2 is 2.05 bits per heavy atom. The molecule has 1 atom stereocenters. The van der Waals surface area contributed by atoms with Crippen molar-refractivity contribution in [2.45, 2.75) is 38.0 Å². The van der Waals surface area contributed by atoms with E-state index in [-0.39, 0.29) is 19.2 Å². The Balaban J connectivity index is 2.51. The lowest BCUT2D eigenvalue weighted by Crippen LogP contribution is -2.51. The summed E-state index contributed by atoms with van der Waals surface area (Å²) in [5.74, 6) is -1.21. The minimum absolute atomic E-state index is 0.0193. The first-order valence-corrected chi connectivity index (χ1v) is 6.89. The number of hydrogen-bond donors (Lipinski definition) is 2. The quantitative estimate of drug-likeness (QED) is 0.507. The highest BCUT2D eigenvalue weighted by molar-refractivity contribution is 6.35. The van der Waals surface area contributed by atoms with Crippen LogP contribution >= 0.6 is 0 Å². The third-order valence-electron chi connectivity index (χ3n) is 3.50.